The molecule has 192 valence electrons. The molecule has 3 rings (SSSR count). The molecule has 1 unspecified atom stereocenters. The molecule has 36 heavy (non-hydrogen) atoms. The number of nitrogens with one attached hydrogen (secondary N) is 2. The molecule has 0 aliphatic carbocycles. The van der Waals surface area contributed by atoms with Crippen molar-refractivity contribution in [2.24, 2.45) is 0 Å². The Morgan fingerprint density at radius 2 is 1.72 bits per heavy atom. The highest BCUT2D eigenvalue weighted by Crippen LogP contribution is 2.31. The average Bonchev–Trinajstić information content (AvgIpc) is 2.88. The van der Waals surface area contributed by atoms with E-state index in [4.69, 9.17) is 14.2 Å². The van der Waals surface area contributed by atoms with Gasteiger partial charge in [-0.25, -0.2) is 9.59 Å². The molecule has 0 radical (unpaired) electrons. The van der Waals surface area contributed by atoms with Gasteiger partial charge in [-0.2, -0.15) is 0 Å². The molecule has 0 saturated heterocycles. The first-order valence-electron chi connectivity index (χ1n) is 11.9. The Morgan fingerprint density at radius 1 is 1.03 bits per heavy atom. The van der Waals surface area contributed by atoms with Crippen LogP contribution in [0.4, 0.5) is 10.5 Å². The van der Waals surface area contributed by atoms with Crippen LogP contribution in [0.3, 0.4) is 0 Å². The number of carbonyl (C=O) groups is 3. The minimum absolute atomic E-state index is 0.104. The van der Waals surface area contributed by atoms with E-state index in [1.54, 1.807) is 62.5 Å². The van der Waals surface area contributed by atoms with Crippen molar-refractivity contribution in [1.82, 2.24) is 10.2 Å². The summed E-state index contributed by atoms with van der Waals surface area (Å²) in [5.41, 5.74) is 2.61. The number of allylic oxidation sites excluding steroid dienone is 1. The fourth-order valence-corrected chi connectivity index (χ4v) is 3.64. The van der Waals surface area contributed by atoms with Gasteiger partial charge in [0.25, 0.3) is 5.91 Å². The summed E-state index contributed by atoms with van der Waals surface area (Å²) in [5, 5.41) is 5.70. The van der Waals surface area contributed by atoms with Crippen molar-refractivity contribution < 1.29 is 28.6 Å². The molecule has 2 aromatic rings. The van der Waals surface area contributed by atoms with E-state index in [9.17, 15) is 14.4 Å². The molecule has 9 heteroatoms. The number of rotatable bonds is 11. The molecular formula is C27H33N3O6. The molecule has 1 aliphatic heterocycles. The maximum Gasteiger partial charge on any atom is 0.338 e. The first-order valence-corrected chi connectivity index (χ1v) is 11.9. The van der Waals surface area contributed by atoms with Crippen LogP contribution in [0.5, 0.6) is 5.75 Å². The van der Waals surface area contributed by atoms with E-state index >= 15 is 0 Å². The summed E-state index contributed by atoms with van der Waals surface area (Å²) in [6.45, 7) is 4.82. The zero-order chi connectivity index (χ0) is 26.1. The van der Waals surface area contributed by atoms with E-state index in [1.807, 2.05) is 0 Å². The quantitative estimate of drug-likeness (QED) is 0.356. The lowest BCUT2D eigenvalue weighted by Gasteiger charge is -2.33. The first-order chi connectivity index (χ1) is 17.3. The third-order valence-electron chi connectivity index (χ3n) is 5.88. The van der Waals surface area contributed by atoms with Gasteiger partial charge in [0, 0.05) is 31.1 Å². The molecule has 1 heterocycles. The molecule has 0 aromatic heterocycles. The second-order valence-electron chi connectivity index (χ2n) is 8.37. The Hall–Kier alpha value is -3.85. The Morgan fingerprint density at radius 3 is 2.36 bits per heavy atom. The molecule has 9 nitrogen and oxygen atoms in total. The fraction of sp³-hybridized carbons (Fsp3) is 0.370. The number of urea groups is 1. The highest BCUT2D eigenvalue weighted by Gasteiger charge is 2.35. The van der Waals surface area contributed by atoms with E-state index in [-0.39, 0.29) is 25.2 Å². The van der Waals surface area contributed by atoms with Crippen LogP contribution in [0.15, 0.2) is 59.8 Å². The van der Waals surface area contributed by atoms with Crippen molar-refractivity contribution in [2.45, 2.75) is 32.7 Å². The zero-order valence-electron chi connectivity index (χ0n) is 21.1. The molecular weight excluding hydrogens is 462 g/mol. The lowest BCUT2D eigenvalue weighted by molar-refractivity contribution is -0.140. The van der Waals surface area contributed by atoms with E-state index in [2.05, 4.69) is 17.6 Å². The van der Waals surface area contributed by atoms with Crippen LogP contribution in [-0.4, -0.2) is 56.8 Å². The van der Waals surface area contributed by atoms with Gasteiger partial charge < -0.3 is 29.7 Å². The number of methoxy groups -OCH3 is 1. The number of anilines is 1. The third-order valence-corrected chi connectivity index (χ3v) is 5.88. The van der Waals surface area contributed by atoms with Crippen molar-refractivity contribution in [3.05, 3.63) is 70.9 Å². The van der Waals surface area contributed by atoms with E-state index < -0.39 is 12.0 Å². The highest BCUT2D eigenvalue weighted by molar-refractivity contribution is 6.04. The summed E-state index contributed by atoms with van der Waals surface area (Å²) >= 11 is 0. The number of unbranched alkanes of at least 4 members (excludes halogenated alkanes) is 1. The predicted octanol–water partition coefficient (Wildman–Crippen LogP) is 4.28. The fourth-order valence-electron chi connectivity index (χ4n) is 3.64. The van der Waals surface area contributed by atoms with Gasteiger partial charge >= 0.3 is 12.0 Å². The van der Waals surface area contributed by atoms with E-state index in [0.29, 0.717) is 34.7 Å². The van der Waals surface area contributed by atoms with E-state index in [0.717, 1.165) is 18.6 Å². The predicted molar refractivity (Wildman–Crippen MR) is 136 cm³/mol. The van der Waals surface area contributed by atoms with Gasteiger partial charge in [-0.3, -0.25) is 4.79 Å². The van der Waals surface area contributed by atoms with Gasteiger partial charge in [-0.1, -0.05) is 25.5 Å². The van der Waals surface area contributed by atoms with Crippen molar-refractivity contribution in [3.8, 4) is 5.75 Å². The highest BCUT2D eigenvalue weighted by atomic mass is 16.6. The zero-order valence-corrected chi connectivity index (χ0v) is 21.1. The molecule has 1 atom stereocenters. The summed E-state index contributed by atoms with van der Waals surface area (Å²) in [5.74, 6) is -0.0565. The van der Waals surface area contributed by atoms with Gasteiger partial charge in [0.15, 0.2) is 0 Å². The smallest absolute Gasteiger partial charge is 0.338 e. The van der Waals surface area contributed by atoms with Crippen LogP contribution in [0.25, 0.3) is 0 Å². The molecule has 0 spiro atoms. The Labute approximate surface area is 211 Å². The van der Waals surface area contributed by atoms with Gasteiger partial charge in [0.1, 0.15) is 12.4 Å². The van der Waals surface area contributed by atoms with Crippen molar-refractivity contribution >= 4 is 23.6 Å². The van der Waals surface area contributed by atoms with Crippen LogP contribution >= 0.6 is 0 Å². The lowest BCUT2D eigenvalue weighted by Crippen LogP contribution is -2.46. The van der Waals surface area contributed by atoms with Crippen LogP contribution in [0.1, 0.15) is 48.7 Å². The van der Waals surface area contributed by atoms with Gasteiger partial charge in [-0.05, 0) is 55.3 Å². The minimum atomic E-state index is -0.686. The van der Waals surface area contributed by atoms with Crippen molar-refractivity contribution in [1.29, 1.82) is 0 Å². The molecule has 0 bridgehead atoms. The normalized spacial score (nSPS) is 15.4. The molecule has 0 saturated carbocycles. The lowest BCUT2D eigenvalue weighted by atomic mass is 9.95. The molecule has 2 N–H and O–H groups in total. The van der Waals surface area contributed by atoms with E-state index in [1.165, 1.54) is 12.0 Å². The summed E-state index contributed by atoms with van der Waals surface area (Å²) in [4.78, 5) is 39.3. The Balaban J connectivity index is 1.71. The first kappa shape index (κ1) is 26.7. The number of esters is 1. The maximum atomic E-state index is 12.8. The molecule has 1 aliphatic rings. The molecule has 0 fully saturated rings. The number of amides is 3. The summed E-state index contributed by atoms with van der Waals surface area (Å²) in [6.07, 6.45) is 2.03. The molecule has 3 amide bonds. The Bertz CT molecular complexity index is 1100. The van der Waals surface area contributed by atoms with Gasteiger partial charge in [0.2, 0.25) is 0 Å². The molecule has 2 aromatic carbocycles. The minimum Gasteiger partial charge on any atom is -0.494 e. The number of hydrogen-bond donors (Lipinski definition) is 2. The summed E-state index contributed by atoms with van der Waals surface area (Å²) in [6, 6.07) is 12.9. The van der Waals surface area contributed by atoms with Crippen LogP contribution < -0.4 is 15.4 Å². The van der Waals surface area contributed by atoms with Gasteiger partial charge in [-0.15, -0.1) is 0 Å². The number of benzene rings is 2. The van der Waals surface area contributed by atoms with Crippen LogP contribution in [-0.2, 0) is 14.3 Å². The van der Waals surface area contributed by atoms with Crippen molar-refractivity contribution in [2.75, 3.05) is 39.3 Å². The summed E-state index contributed by atoms with van der Waals surface area (Å²) < 4.78 is 15.9. The Kier molecular flexibility index (Phi) is 9.46. The number of ether oxygens (including phenoxy) is 3. The topological polar surface area (TPSA) is 106 Å². The average molecular weight is 496 g/mol. The van der Waals surface area contributed by atoms with Crippen LogP contribution in [0.2, 0.25) is 0 Å². The number of nitrogens with zero attached hydrogens (tertiary/aromatic N) is 1. The second kappa shape index (κ2) is 12.7. The van der Waals surface area contributed by atoms with Gasteiger partial charge in [0.05, 0.1) is 24.8 Å². The van der Waals surface area contributed by atoms with Crippen LogP contribution in [0, 0.1) is 0 Å². The largest absolute Gasteiger partial charge is 0.494 e. The summed E-state index contributed by atoms with van der Waals surface area (Å²) in [7, 11) is 3.11. The maximum absolute atomic E-state index is 12.8. The van der Waals surface area contributed by atoms with Crippen molar-refractivity contribution in [3.63, 3.8) is 0 Å². The second-order valence-corrected chi connectivity index (χ2v) is 8.37. The SMILES string of the molecule is CCCCOc1ccc(C(=O)Nc2ccc(C3NC(=O)N(C)C(C)=C3C(=O)OCCOC)cc2)cc1. The standard InChI is InChI=1S/C27H33N3O6/c1-5-6-15-35-22-13-9-20(10-14-22)25(31)28-21-11-7-19(8-12-21)24-23(26(32)36-17-16-34-4)18(2)30(3)27(33)29-24/h7-14,24H,5-6,15-17H2,1-4H3,(H,28,31)(H,29,33). The number of hydrogen-bond acceptors (Lipinski definition) is 6. The monoisotopic (exact) mass is 495 g/mol. The number of carbonyl (C=O) groups excluding carboxylic acids is 3. The third kappa shape index (κ3) is 6.63.